The number of hydrogen-bond acceptors (Lipinski definition) is 7. The molecule has 0 aromatic rings. The van der Waals surface area contributed by atoms with Crippen LogP contribution in [0.5, 0.6) is 0 Å². The highest BCUT2D eigenvalue weighted by molar-refractivity contribution is 7.47. The maximum absolute atomic E-state index is 11.3. The van der Waals surface area contributed by atoms with Gasteiger partial charge in [-0.15, -0.1) is 0 Å². The number of hydroxylamine groups is 2. The molecular weight excluding hydrogens is 235 g/mol. The van der Waals surface area contributed by atoms with Gasteiger partial charge in [0.1, 0.15) is 0 Å². The first-order valence-corrected chi connectivity index (χ1v) is 6.17. The Labute approximate surface area is 94.2 Å². The molecule has 94 valence electrons. The number of aliphatic imine (C=N–C) groups is 1. The van der Waals surface area contributed by atoms with E-state index in [2.05, 4.69) is 9.52 Å². The third kappa shape index (κ3) is 3.43. The zero-order chi connectivity index (χ0) is 12.3. The average Bonchev–Trinajstić information content (AvgIpc) is 2.49. The lowest BCUT2D eigenvalue weighted by Gasteiger charge is -2.27. The summed E-state index contributed by atoms with van der Waals surface area (Å²) in [6.45, 7) is 1.03. The summed E-state index contributed by atoms with van der Waals surface area (Å²) >= 11 is 0. The lowest BCUT2D eigenvalue weighted by Crippen LogP contribution is -2.44. The Bertz CT molecular complexity index is 322. The van der Waals surface area contributed by atoms with E-state index in [0.717, 1.165) is 12.2 Å². The highest BCUT2D eigenvalue weighted by Crippen LogP contribution is 2.43. The van der Waals surface area contributed by atoms with Crippen molar-refractivity contribution in [2.24, 2.45) is 10.7 Å². The number of guanidine groups is 1. The molecule has 0 aromatic carbocycles. The third-order valence-corrected chi connectivity index (χ3v) is 2.86. The summed E-state index contributed by atoms with van der Waals surface area (Å²) in [5, 5.41) is 1.13. The second kappa shape index (κ2) is 5.11. The van der Waals surface area contributed by atoms with Crippen LogP contribution in [0.15, 0.2) is 4.99 Å². The van der Waals surface area contributed by atoms with E-state index in [-0.39, 0.29) is 12.0 Å². The van der Waals surface area contributed by atoms with Gasteiger partial charge in [-0.2, -0.15) is 4.62 Å². The minimum Gasteiger partial charge on any atom is -0.368 e. The molecule has 1 heterocycles. The van der Waals surface area contributed by atoms with Crippen molar-refractivity contribution in [2.45, 2.75) is 6.04 Å². The second-order valence-corrected chi connectivity index (χ2v) is 5.14. The number of phosphoric ester groups is 1. The van der Waals surface area contributed by atoms with Crippen LogP contribution in [0.1, 0.15) is 0 Å². The number of nitrogens with zero attached hydrogens (tertiary/aromatic N) is 3. The van der Waals surface area contributed by atoms with Crippen molar-refractivity contribution in [1.82, 2.24) is 9.96 Å². The fraction of sp³-hybridized carbons (Fsp3) is 0.857. The van der Waals surface area contributed by atoms with E-state index >= 15 is 0 Å². The van der Waals surface area contributed by atoms with Gasteiger partial charge in [0, 0.05) is 13.7 Å². The number of rotatable bonds is 5. The lowest BCUT2D eigenvalue weighted by atomic mass is 10.3. The lowest BCUT2D eigenvalue weighted by molar-refractivity contribution is -0.0466. The van der Waals surface area contributed by atoms with E-state index in [1.54, 1.807) is 0 Å². The zero-order valence-electron chi connectivity index (χ0n) is 9.53. The quantitative estimate of drug-likeness (QED) is 0.619. The molecule has 0 aliphatic carbocycles. The predicted octanol–water partition coefficient (Wildman–Crippen LogP) is -0.775. The van der Waals surface area contributed by atoms with E-state index in [9.17, 15) is 9.46 Å². The van der Waals surface area contributed by atoms with Crippen molar-refractivity contribution in [3.8, 4) is 0 Å². The van der Waals surface area contributed by atoms with Gasteiger partial charge >= 0.3 is 7.82 Å². The Balaban J connectivity index is 2.67. The molecule has 0 bridgehead atoms. The number of phosphoric acid groups is 1. The van der Waals surface area contributed by atoms with Gasteiger partial charge in [-0.3, -0.25) is 4.52 Å². The van der Waals surface area contributed by atoms with E-state index in [4.69, 9.17) is 10.4 Å². The van der Waals surface area contributed by atoms with Crippen molar-refractivity contribution in [2.75, 3.05) is 34.3 Å². The van der Waals surface area contributed by atoms with Gasteiger partial charge < -0.3 is 15.5 Å². The Morgan fingerprint density at radius 1 is 1.75 bits per heavy atom. The van der Waals surface area contributed by atoms with Gasteiger partial charge in [-0.1, -0.05) is 0 Å². The van der Waals surface area contributed by atoms with E-state index in [0.29, 0.717) is 13.1 Å². The number of nitrogens with two attached hydrogens (primary N) is 1. The fourth-order valence-corrected chi connectivity index (χ4v) is 1.84. The summed E-state index contributed by atoms with van der Waals surface area (Å²) in [5.41, 5.74) is 5.55. The molecule has 0 fully saturated rings. The van der Waals surface area contributed by atoms with Gasteiger partial charge in [0.15, 0.2) is 0 Å². The molecule has 1 rings (SSSR count). The Hall–Kier alpha value is -0.660. The number of likely N-dealkylation sites (N-methyl/N-ethyl adjacent to an activating group) is 1. The van der Waals surface area contributed by atoms with Gasteiger partial charge in [0.2, 0.25) is 5.96 Å². The minimum absolute atomic E-state index is 0.0816. The average molecular weight is 252 g/mol. The largest absolute Gasteiger partial charge is 0.493 e. The molecule has 0 saturated heterocycles. The molecule has 1 aliphatic rings. The van der Waals surface area contributed by atoms with Crippen LogP contribution in [-0.4, -0.2) is 61.2 Å². The van der Waals surface area contributed by atoms with Crippen LogP contribution in [-0.2, 0) is 13.7 Å². The molecule has 0 radical (unpaired) electrons. The van der Waals surface area contributed by atoms with E-state index in [1.807, 2.05) is 19.0 Å². The fourth-order valence-electron chi connectivity index (χ4n) is 1.34. The first kappa shape index (κ1) is 13.4. The van der Waals surface area contributed by atoms with Crippen molar-refractivity contribution < 1.29 is 18.6 Å². The van der Waals surface area contributed by atoms with Crippen LogP contribution in [0.3, 0.4) is 0 Å². The Morgan fingerprint density at radius 2 is 2.38 bits per heavy atom. The summed E-state index contributed by atoms with van der Waals surface area (Å²) < 4.78 is 20.4. The van der Waals surface area contributed by atoms with Crippen molar-refractivity contribution in [1.29, 1.82) is 0 Å². The van der Waals surface area contributed by atoms with Gasteiger partial charge in [0.25, 0.3) is 0 Å². The van der Waals surface area contributed by atoms with Crippen LogP contribution >= 0.6 is 7.82 Å². The van der Waals surface area contributed by atoms with E-state index < -0.39 is 7.82 Å². The minimum atomic E-state index is -4.09. The molecule has 8 nitrogen and oxygen atoms in total. The molecule has 16 heavy (non-hydrogen) atoms. The van der Waals surface area contributed by atoms with Crippen molar-refractivity contribution >= 4 is 13.8 Å². The van der Waals surface area contributed by atoms with Crippen LogP contribution in [0.25, 0.3) is 0 Å². The summed E-state index contributed by atoms with van der Waals surface area (Å²) in [5.74, 6) is 0.0816. The Kier molecular flexibility index (Phi) is 4.28. The van der Waals surface area contributed by atoms with Gasteiger partial charge in [0.05, 0.1) is 12.6 Å². The van der Waals surface area contributed by atoms with Gasteiger partial charge in [-0.25, -0.2) is 14.6 Å². The topological polar surface area (TPSA) is 101 Å². The standard InChI is InChI=1S/C7H17N4O4P/c1-10(2)5-6-4-9-7(8)11(6)15-16(12,13)14-3/h6H,4-5H2,1-3H3,(H2,8,9)(H,12,13)/t6-/m1/s1. The zero-order valence-corrected chi connectivity index (χ0v) is 10.4. The summed E-state index contributed by atoms with van der Waals surface area (Å²) in [7, 11) is 0.747. The monoisotopic (exact) mass is 252 g/mol. The molecule has 2 atom stereocenters. The molecule has 0 spiro atoms. The Morgan fingerprint density at radius 3 is 2.88 bits per heavy atom. The third-order valence-electron chi connectivity index (χ3n) is 2.02. The molecule has 3 N–H and O–H groups in total. The van der Waals surface area contributed by atoms with Crippen molar-refractivity contribution in [3.05, 3.63) is 0 Å². The molecule has 0 saturated carbocycles. The summed E-state index contributed by atoms with van der Waals surface area (Å²) in [6, 6.07) is -0.189. The molecular formula is C7H17N4O4P. The highest BCUT2D eigenvalue weighted by atomic mass is 31.2. The maximum atomic E-state index is 11.3. The molecule has 0 aromatic heterocycles. The maximum Gasteiger partial charge on any atom is 0.493 e. The molecule has 1 aliphatic heterocycles. The molecule has 9 heteroatoms. The first-order valence-electron chi connectivity index (χ1n) is 4.68. The number of hydrogen-bond donors (Lipinski definition) is 2. The van der Waals surface area contributed by atoms with Crippen LogP contribution in [0.4, 0.5) is 0 Å². The normalized spacial score (nSPS) is 24.7. The SMILES string of the molecule is COP(=O)(O)ON1C(N)=NC[C@@H]1CN(C)C. The molecule has 1 unspecified atom stereocenters. The van der Waals surface area contributed by atoms with Gasteiger partial charge in [-0.05, 0) is 14.1 Å². The van der Waals surface area contributed by atoms with Crippen LogP contribution in [0.2, 0.25) is 0 Å². The highest BCUT2D eigenvalue weighted by Gasteiger charge is 2.34. The smallest absolute Gasteiger partial charge is 0.368 e. The van der Waals surface area contributed by atoms with Crippen LogP contribution in [0, 0.1) is 0 Å². The van der Waals surface area contributed by atoms with Crippen molar-refractivity contribution in [3.63, 3.8) is 0 Å². The first-order chi connectivity index (χ1) is 7.35. The van der Waals surface area contributed by atoms with E-state index in [1.165, 1.54) is 0 Å². The van der Waals surface area contributed by atoms with Crippen LogP contribution < -0.4 is 5.73 Å². The summed E-state index contributed by atoms with van der Waals surface area (Å²) in [4.78, 5) is 15.1. The summed E-state index contributed by atoms with van der Waals surface area (Å²) in [6.07, 6.45) is 0. The molecule has 0 amide bonds. The second-order valence-electron chi connectivity index (χ2n) is 3.67. The predicted molar refractivity (Wildman–Crippen MR) is 58.6 cm³/mol.